The van der Waals surface area contributed by atoms with Crippen LogP contribution in [0, 0.1) is 0 Å². The summed E-state index contributed by atoms with van der Waals surface area (Å²) in [6.45, 7) is 5.86. The van der Waals surface area contributed by atoms with Gasteiger partial charge in [0, 0.05) is 18.7 Å². The number of para-hydroxylation sites is 1. The van der Waals surface area contributed by atoms with Crippen LogP contribution in [0.4, 0.5) is 0 Å². The number of amides is 1. The summed E-state index contributed by atoms with van der Waals surface area (Å²) in [4.78, 5) is 14.2. The predicted molar refractivity (Wildman–Crippen MR) is 73.9 cm³/mol. The van der Waals surface area contributed by atoms with E-state index in [0.29, 0.717) is 6.42 Å². The van der Waals surface area contributed by atoms with E-state index >= 15 is 0 Å². The number of hydrogen-bond acceptors (Lipinski definition) is 2. The van der Waals surface area contributed by atoms with Crippen LogP contribution in [0.25, 0.3) is 0 Å². The molecule has 0 fully saturated rings. The lowest BCUT2D eigenvalue weighted by Gasteiger charge is -2.22. The molecule has 0 aliphatic carbocycles. The molecule has 3 heteroatoms. The van der Waals surface area contributed by atoms with Crippen LogP contribution in [-0.2, 0) is 11.2 Å². The van der Waals surface area contributed by atoms with Gasteiger partial charge in [-0.25, -0.2) is 0 Å². The normalized spacial score (nSPS) is 10.2. The van der Waals surface area contributed by atoms with Gasteiger partial charge in [-0.2, -0.15) is 0 Å². The fraction of sp³-hybridized carbons (Fsp3) is 0.533. The number of carbonyl (C=O) groups excluding carboxylic acids is 1. The molecular formula is C15H23NO2. The zero-order valence-electron chi connectivity index (χ0n) is 11.6. The first-order valence-corrected chi connectivity index (χ1v) is 6.62. The van der Waals surface area contributed by atoms with Gasteiger partial charge >= 0.3 is 0 Å². The molecule has 1 aromatic rings. The third-order valence-corrected chi connectivity index (χ3v) is 2.87. The molecule has 0 bridgehead atoms. The summed E-state index contributed by atoms with van der Waals surface area (Å²) in [5, 5.41) is 0. The van der Waals surface area contributed by atoms with E-state index in [1.807, 2.05) is 29.2 Å². The lowest BCUT2D eigenvalue weighted by atomic mass is 10.1. The predicted octanol–water partition coefficient (Wildman–Crippen LogP) is 2.89. The molecule has 0 aliphatic rings. The molecule has 0 heterocycles. The Morgan fingerprint density at radius 3 is 2.33 bits per heavy atom. The van der Waals surface area contributed by atoms with E-state index in [4.69, 9.17) is 4.74 Å². The topological polar surface area (TPSA) is 29.5 Å². The Hall–Kier alpha value is -1.51. The molecule has 0 radical (unpaired) electrons. The number of hydrogen-bond donors (Lipinski definition) is 0. The van der Waals surface area contributed by atoms with Crippen LogP contribution in [0.3, 0.4) is 0 Å². The maximum atomic E-state index is 12.2. The molecule has 3 nitrogen and oxygen atoms in total. The first-order valence-electron chi connectivity index (χ1n) is 6.62. The van der Waals surface area contributed by atoms with Gasteiger partial charge in [-0.1, -0.05) is 32.0 Å². The summed E-state index contributed by atoms with van der Waals surface area (Å²) in [7, 11) is 1.64. The van der Waals surface area contributed by atoms with Crippen LogP contribution in [0.15, 0.2) is 24.3 Å². The summed E-state index contributed by atoms with van der Waals surface area (Å²) in [5.74, 6) is 0.974. The van der Waals surface area contributed by atoms with Gasteiger partial charge in [0.2, 0.25) is 5.91 Å². The molecule has 100 valence electrons. The van der Waals surface area contributed by atoms with Gasteiger partial charge in [-0.15, -0.1) is 0 Å². The van der Waals surface area contributed by atoms with Crippen LogP contribution < -0.4 is 4.74 Å². The molecule has 1 rings (SSSR count). The Balaban J connectivity index is 2.72. The summed E-state index contributed by atoms with van der Waals surface area (Å²) in [6.07, 6.45) is 2.42. The number of carbonyl (C=O) groups is 1. The fourth-order valence-corrected chi connectivity index (χ4v) is 2.02. The molecular weight excluding hydrogens is 226 g/mol. The van der Waals surface area contributed by atoms with Crippen molar-refractivity contribution < 1.29 is 9.53 Å². The summed E-state index contributed by atoms with van der Waals surface area (Å²) in [5.41, 5.74) is 0.960. The van der Waals surface area contributed by atoms with Crippen molar-refractivity contribution in [2.24, 2.45) is 0 Å². The van der Waals surface area contributed by atoms with Crippen LogP contribution >= 0.6 is 0 Å². The Bertz CT molecular complexity index is 371. The van der Waals surface area contributed by atoms with E-state index in [9.17, 15) is 4.79 Å². The summed E-state index contributed by atoms with van der Waals surface area (Å²) >= 11 is 0. The molecule has 0 unspecified atom stereocenters. The number of benzene rings is 1. The second kappa shape index (κ2) is 7.75. The second-order valence-corrected chi connectivity index (χ2v) is 4.37. The second-order valence-electron chi connectivity index (χ2n) is 4.37. The molecule has 0 saturated heterocycles. The van der Waals surface area contributed by atoms with Crippen LogP contribution in [0.2, 0.25) is 0 Å². The van der Waals surface area contributed by atoms with Crippen molar-refractivity contribution in [1.29, 1.82) is 0 Å². The van der Waals surface area contributed by atoms with Crippen LogP contribution in [-0.4, -0.2) is 31.0 Å². The largest absolute Gasteiger partial charge is 0.496 e. The quantitative estimate of drug-likeness (QED) is 0.743. The smallest absolute Gasteiger partial charge is 0.227 e. The standard InChI is InChI=1S/C15H23NO2/c1-4-10-16(11-5-2)15(17)12-13-8-6-7-9-14(13)18-3/h6-9H,4-5,10-12H2,1-3H3. The van der Waals surface area contributed by atoms with Crippen molar-refractivity contribution in [1.82, 2.24) is 4.90 Å². The van der Waals surface area contributed by atoms with Gasteiger partial charge in [0.25, 0.3) is 0 Å². The Morgan fingerprint density at radius 1 is 1.17 bits per heavy atom. The number of rotatable bonds is 7. The minimum Gasteiger partial charge on any atom is -0.496 e. The highest BCUT2D eigenvalue weighted by molar-refractivity contribution is 5.79. The first-order chi connectivity index (χ1) is 8.72. The molecule has 0 aliphatic heterocycles. The van der Waals surface area contributed by atoms with Crippen molar-refractivity contribution in [2.45, 2.75) is 33.1 Å². The highest BCUT2D eigenvalue weighted by atomic mass is 16.5. The molecule has 0 atom stereocenters. The lowest BCUT2D eigenvalue weighted by Crippen LogP contribution is -2.33. The fourth-order valence-electron chi connectivity index (χ4n) is 2.02. The van der Waals surface area contributed by atoms with Crippen molar-refractivity contribution in [3.05, 3.63) is 29.8 Å². The maximum Gasteiger partial charge on any atom is 0.227 e. The van der Waals surface area contributed by atoms with Crippen molar-refractivity contribution in [3.63, 3.8) is 0 Å². The zero-order valence-corrected chi connectivity index (χ0v) is 11.6. The SMILES string of the molecule is CCCN(CCC)C(=O)Cc1ccccc1OC. The molecule has 0 N–H and O–H groups in total. The number of ether oxygens (including phenoxy) is 1. The van der Waals surface area contributed by atoms with Gasteiger partial charge in [-0.05, 0) is 18.9 Å². The number of nitrogens with zero attached hydrogens (tertiary/aromatic N) is 1. The molecule has 0 aromatic heterocycles. The van der Waals surface area contributed by atoms with Crippen LogP contribution in [0.1, 0.15) is 32.3 Å². The third kappa shape index (κ3) is 4.06. The highest BCUT2D eigenvalue weighted by Gasteiger charge is 2.14. The summed E-state index contributed by atoms with van der Waals surface area (Å²) < 4.78 is 5.28. The molecule has 1 aromatic carbocycles. The average Bonchev–Trinajstić information content (AvgIpc) is 2.39. The molecule has 18 heavy (non-hydrogen) atoms. The number of methoxy groups -OCH3 is 1. The van der Waals surface area contributed by atoms with E-state index in [0.717, 1.165) is 37.2 Å². The Labute approximate surface area is 110 Å². The maximum absolute atomic E-state index is 12.2. The molecule has 0 saturated carbocycles. The van der Waals surface area contributed by atoms with Crippen molar-refractivity contribution in [3.8, 4) is 5.75 Å². The molecule has 1 amide bonds. The average molecular weight is 249 g/mol. The third-order valence-electron chi connectivity index (χ3n) is 2.87. The minimum absolute atomic E-state index is 0.184. The van der Waals surface area contributed by atoms with E-state index in [1.54, 1.807) is 7.11 Å². The Morgan fingerprint density at radius 2 is 1.78 bits per heavy atom. The van der Waals surface area contributed by atoms with E-state index in [1.165, 1.54) is 0 Å². The zero-order chi connectivity index (χ0) is 13.4. The van der Waals surface area contributed by atoms with Gasteiger partial charge < -0.3 is 9.64 Å². The summed E-state index contributed by atoms with van der Waals surface area (Å²) in [6, 6.07) is 7.71. The van der Waals surface area contributed by atoms with Crippen LogP contribution in [0.5, 0.6) is 5.75 Å². The van der Waals surface area contributed by atoms with Gasteiger partial charge in [-0.3, -0.25) is 4.79 Å². The van der Waals surface area contributed by atoms with E-state index in [-0.39, 0.29) is 5.91 Å². The van der Waals surface area contributed by atoms with Gasteiger partial charge in [0.15, 0.2) is 0 Å². The van der Waals surface area contributed by atoms with E-state index in [2.05, 4.69) is 13.8 Å². The first kappa shape index (κ1) is 14.6. The minimum atomic E-state index is 0.184. The monoisotopic (exact) mass is 249 g/mol. The van der Waals surface area contributed by atoms with Crippen molar-refractivity contribution in [2.75, 3.05) is 20.2 Å². The highest BCUT2D eigenvalue weighted by Crippen LogP contribution is 2.18. The Kier molecular flexibility index (Phi) is 6.26. The van der Waals surface area contributed by atoms with Crippen molar-refractivity contribution >= 4 is 5.91 Å². The van der Waals surface area contributed by atoms with E-state index < -0.39 is 0 Å². The van der Waals surface area contributed by atoms with Gasteiger partial charge in [0.05, 0.1) is 13.5 Å². The van der Waals surface area contributed by atoms with Gasteiger partial charge in [0.1, 0.15) is 5.75 Å². The lowest BCUT2D eigenvalue weighted by molar-refractivity contribution is -0.130. The molecule has 0 spiro atoms.